The molecule has 0 fully saturated rings. The number of carbonyl (C=O) groups is 1. The summed E-state index contributed by atoms with van der Waals surface area (Å²) in [4.78, 5) is 10.4. The fraction of sp³-hybridized carbons (Fsp3) is 0.222. The number of carboxylic acids is 1. The molecule has 0 aromatic heterocycles. The minimum absolute atomic E-state index is 0.224. The molecule has 1 aromatic rings. The van der Waals surface area contributed by atoms with Gasteiger partial charge in [0.1, 0.15) is 11.9 Å². The van der Waals surface area contributed by atoms with Crippen molar-refractivity contribution < 1.29 is 22.7 Å². The highest BCUT2D eigenvalue weighted by atomic mass is 32.2. The van der Waals surface area contributed by atoms with E-state index in [1.165, 1.54) is 0 Å². The molecule has 0 heterocycles. The molecule has 0 aliphatic rings. The summed E-state index contributed by atoms with van der Waals surface area (Å²) in [6.45, 7) is -0.379. The van der Waals surface area contributed by atoms with Crippen LogP contribution < -0.4 is 10.5 Å². The number of nitrogens with one attached hydrogen (secondary N) is 1. The van der Waals surface area contributed by atoms with Crippen LogP contribution in [0.15, 0.2) is 29.2 Å². The van der Waals surface area contributed by atoms with Gasteiger partial charge < -0.3 is 10.8 Å². The molecule has 1 atom stereocenters. The maximum atomic E-state index is 12.6. The average Bonchev–Trinajstić information content (AvgIpc) is 2.26. The summed E-state index contributed by atoms with van der Waals surface area (Å²) in [5, 5.41) is 8.66. The topological polar surface area (TPSA) is 109 Å². The zero-order chi connectivity index (χ0) is 13.1. The number of halogens is 1. The van der Waals surface area contributed by atoms with Gasteiger partial charge in [0.15, 0.2) is 0 Å². The highest BCUT2D eigenvalue weighted by Gasteiger charge is 2.23. The van der Waals surface area contributed by atoms with Crippen LogP contribution in [-0.2, 0) is 14.8 Å². The Bertz CT molecular complexity index is 500. The van der Waals surface area contributed by atoms with Crippen molar-refractivity contribution in [2.45, 2.75) is 10.9 Å². The van der Waals surface area contributed by atoms with Crippen molar-refractivity contribution in [2.24, 2.45) is 5.73 Å². The van der Waals surface area contributed by atoms with Crippen LogP contribution in [0.4, 0.5) is 4.39 Å². The van der Waals surface area contributed by atoms with Crippen molar-refractivity contribution in [1.82, 2.24) is 4.72 Å². The Morgan fingerprint density at radius 3 is 2.35 bits per heavy atom. The molecule has 1 unspecified atom stereocenters. The van der Waals surface area contributed by atoms with Crippen LogP contribution in [0.5, 0.6) is 0 Å². The normalized spacial score (nSPS) is 13.3. The summed E-state index contributed by atoms with van der Waals surface area (Å²) in [6.07, 6.45) is 0. The monoisotopic (exact) mass is 262 g/mol. The van der Waals surface area contributed by atoms with E-state index in [-0.39, 0.29) is 11.4 Å². The van der Waals surface area contributed by atoms with Crippen molar-refractivity contribution in [3.63, 3.8) is 0 Å². The molecular formula is C9H11FN2O4S. The standard InChI is InChI=1S/C9H11FN2O4S/c10-6-1-3-7(4-2-6)17(15,16)12-8(5-11)9(13)14/h1-4,8,12H,5,11H2,(H,13,14). The number of benzene rings is 1. The molecule has 8 heteroatoms. The van der Waals surface area contributed by atoms with E-state index in [9.17, 15) is 17.6 Å². The van der Waals surface area contributed by atoms with E-state index in [0.29, 0.717) is 0 Å². The van der Waals surface area contributed by atoms with Crippen LogP contribution in [0.25, 0.3) is 0 Å². The van der Waals surface area contributed by atoms with E-state index in [1.807, 2.05) is 4.72 Å². The highest BCUT2D eigenvalue weighted by Crippen LogP contribution is 2.10. The van der Waals surface area contributed by atoms with Gasteiger partial charge in [-0.1, -0.05) is 0 Å². The van der Waals surface area contributed by atoms with E-state index in [4.69, 9.17) is 10.8 Å². The molecule has 4 N–H and O–H groups in total. The lowest BCUT2D eigenvalue weighted by Crippen LogP contribution is -2.45. The van der Waals surface area contributed by atoms with E-state index in [0.717, 1.165) is 24.3 Å². The predicted octanol–water partition coefficient (Wildman–Crippen LogP) is -0.484. The van der Waals surface area contributed by atoms with Crippen molar-refractivity contribution in [3.8, 4) is 0 Å². The quantitative estimate of drug-likeness (QED) is 0.663. The third-order valence-electron chi connectivity index (χ3n) is 1.96. The number of rotatable bonds is 5. The van der Waals surface area contributed by atoms with E-state index in [1.54, 1.807) is 0 Å². The van der Waals surface area contributed by atoms with Gasteiger partial charge in [-0.3, -0.25) is 4.79 Å². The summed E-state index contributed by atoms with van der Waals surface area (Å²) in [7, 11) is -4.01. The minimum atomic E-state index is -4.01. The number of hydrogen-bond donors (Lipinski definition) is 3. The summed E-state index contributed by atoms with van der Waals surface area (Å²) in [5.74, 6) is -1.96. The first-order valence-electron chi connectivity index (χ1n) is 4.57. The van der Waals surface area contributed by atoms with Crippen molar-refractivity contribution in [3.05, 3.63) is 30.1 Å². The second-order valence-electron chi connectivity index (χ2n) is 3.20. The van der Waals surface area contributed by atoms with Gasteiger partial charge in [0.05, 0.1) is 4.90 Å². The van der Waals surface area contributed by atoms with Gasteiger partial charge in [-0.25, -0.2) is 12.8 Å². The molecule has 0 amide bonds. The number of carboxylic acid groups (broad SMARTS) is 1. The molecule has 0 spiro atoms. The van der Waals surface area contributed by atoms with E-state index < -0.39 is 27.9 Å². The van der Waals surface area contributed by atoms with Gasteiger partial charge in [0, 0.05) is 6.54 Å². The summed E-state index contributed by atoms with van der Waals surface area (Å²) >= 11 is 0. The number of sulfonamides is 1. The Labute approximate surface area is 97.3 Å². The van der Waals surface area contributed by atoms with E-state index >= 15 is 0 Å². The lowest BCUT2D eigenvalue weighted by atomic mass is 10.3. The SMILES string of the molecule is NCC(NS(=O)(=O)c1ccc(F)cc1)C(=O)O. The van der Waals surface area contributed by atoms with Crippen molar-refractivity contribution in [1.29, 1.82) is 0 Å². The van der Waals surface area contributed by atoms with Crippen molar-refractivity contribution in [2.75, 3.05) is 6.54 Å². The third-order valence-corrected chi connectivity index (χ3v) is 3.44. The molecule has 0 aliphatic heterocycles. The van der Waals surface area contributed by atoms with Gasteiger partial charge >= 0.3 is 5.97 Å². The second kappa shape index (κ2) is 5.21. The molecule has 0 saturated heterocycles. The molecule has 0 aliphatic carbocycles. The molecule has 0 saturated carbocycles. The zero-order valence-electron chi connectivity index (χ0n) is 8.63. The Kier molecular flexibility index (Phi) is 4.16. The highest BCUT2D eigenvalue weighted by molar-refractivity contribution is 7.89. The van der Waals surface area contributed by atoms with Crippen LogP contribution in [0.1, 0.15) is 0 Å². The Morgan fingerprint density at radius 1 is 1.41 bits per heavy atom. The van der Waals surface area contributed by atoms with Crippen LogP contribution in [0.2, 0.25) is 0 Å². The number of nitrogens with two attached hydrogens (primary N) is 1. The number of hydrogen-bond acceptors (Lipinski definition) is 4. The van der Waals surface area contributed by atoms with Gasteiger partial charge in [0.2, 0.25) is 10.0 Å². The summed E-state index contributed by atoms with van der Waals surface area (Å²) in [5.41, 5.74) is 5.12. The average molecular weight is 262 g/mol. The second-order valence-corrected chi connectivity index (χ2v) is 4.92. The molecule has 94 valence electrons. The number of aliphatic carboxylic acids is 1. The summed E-state index contributed by atoms with van der Waals surface area (Å²) < 4.78 is 37.8. The van der Waals surface area contributed by atoms with Crippen molar-refractivity contribution >= 4 is 16.0 Å². The van der Waals surface area contributed by atoms with Crippen LogP contribution in [0.3, 0.4) is 0 Å². The first-order valence-corrected chi connectivity index (χ1v) is 6.06. The van der Waals surface area contributed by atoms with Gasteiger partial charge in [-0.2, -0.15) is 4.72 Å². The third kappa shape index (κ3) is 3.48. The first kappa shape index (κ1) is 13.6. The maximum Gasteiger partial charge on any atom is 0.323 e. The van der Waals surface area contributed by atoms with Gasteiger partial charge in [-0.15, -0.1) is 0 Å². The molecule has 17 heavy (non-hydrogen) atoms. The lowest BCUT2D eigenvalue weighted by Gasteiger charge is -2.12. The molecule has 1 aromatic carbocycles. The van der Waals surface area contributed by atoms with Crippen LogP contribution >= 0.6 is 0 Å². The fourth-order valence-corrected chi connectivity index (χ4v) is 2.27. The van der Waals surface area contributed by atoms with E-state index in [2.05, 4.69) is 0 Å². The molecule has 1 rings (SSSR count). The van der Waals surface area contributed by atoms with Crippen LogP contribution in [0, 0.1) is 5.82 Å². The Hall–Kier alpha value is -1.51. The van der Waals surface area contributed by atoms with Crippen LogP contribution in [-0.4, -0.2) is 32.1 Å². The molecule has 0 bridgehead atoms. The first-order chi connectivity index (χ1) is 7.86. The largest absolute Gasteiger partial charge is 0.480 e. The zero-order valence-corrected chi connectivity index (χ0v) is 9.45. The molecule has 6 nitrogen and oxygen atoms in total. The lowest BCUT2D eigenvalue weighted by molar-refractivity contribution is -0.138. The van der Waals surface area contributed by atoms with Gasteiger partial charge in [-0.05, 0) is 24.3 Å². The Morgan fingerprint density at radius 2 is 1.94 bits per heavy atom. The minimum Gasteiger partial charge on any atom is -0.480 e. The summed E-state index contributed by atoms with van der Waals surface area (Å²) in [6, 6.07) is 2.59. The molecular weight excluding hydrogens is 251 g/mol. The fourth-order valence-electron chi connectivity index (χ4n) is 1.07. The molecule has 0 radical (unpaired) electrons. The predicted molar refractivity (Wildman–Crippen MR) is 57.2 cm³/mol. The Balaban J connectivity index is 2.96. The smallest absolute Gasteiger partial charge is 0.323 e. The maximum absolute atomic E-state index is 12.6. The van der Waals surface area contributed by atoms with Gasteiger partial charge in [0.25, 0.3) is 0 Å².